The molecule has 0 amide bonds. The van der Waals surface area contributed by atoms with Gasteiger partial charge in [-0.1, -0.05) is 78.3 Å². The maximum absolute atomic E-state index is 8.69. The summed E-state index contributed by atoms with van der Waals surface area (Å²) in [4.78, 5) is 2.94. The Kier molecular flexibility index (Phi) is 7.27. The predicted molar refractivity (Wildman–Crippen MR) is 104 cm³/mol. The van der Waals surface area contributed by atoms with E-state index in [4.69, 9.17) is 5.53 Å². The van der Waals surface area contributed by atoms with E-state index in [1.54, 1.807) is 0 Å². The number of hydrogen-bond donors (Lipinski definition) is 1. The summed E-state index contributed by atoms with van der Waals surface area (Å²) >= 11 is 0. The molecule has 2 aromatic rings. The van der Waals surface area contributed by atoms with Gasteiger partial charge in [0.25, 0.3) is 0 Å². The normalized spacial score (nSPS) is 13.1. The lowest BCUT2D eigenvalue weighted by Crippen LogP contribution is -2.35. The zero-order valence-electron chi connectivity index (χ0n) is 15.0. The molecule has 0 aliphatic rings. The van der Waals surface area contributed by atoms with E-state index in [1.165, 1.54) is 11.1 Å². The Morgan fingerprint density at radius 3 is 2.04 bits per heavy atom. The van der Waals surface area contributed by atoms with Crippen LogP contribution in [0.3, 0.4) is 0 Å². The third-order valence-electron chi connectivity index (χ3n) is 4.14. The molecule has 4 heteroatoms. The van der Waals surface area contributed by atoms with Crippen molar-refractivity contribution in [2.75, 3.05) is 0 Å². The molecule has 0 aliphatic heterocycles. The number of nitrogens with zero attached hydrogens (tertiary/aromatic N) is 3. The maximum Gasteiger partial charge on any atom is 0.0578 e. The Balaban J connectivity index is 2.28. The molecule has 0 saturated heterocycles. The Morgan fingerprint density at radius 2 is 1.60 bits per heavy atom. The van der Waals surface area contributed by atoms with Gasteiger partial charge in [-0.3, -0.25) is 0 Å². The van der Waals surface area contributed by atoms with Crippen LogP contribution in [0.15, 0.2) is 77.9 Å². The van der Waals surface area contributed by atoms with E-state index in [2.05, 4.69) is 70.5 Å². The van der Waals surface area contributed by atoms with Crippen molar-refractivity contribution in [1.82, 2.24) is 5.32 Å². The molecule has 0 saturated carbocycles. The van der Waals surface area contributed by atoms with Crippen molar-refractivity contribution in [2.45, 2.75) is 44.8 Å². The number of rotatable bonds is 9. The van der Waals surface area contributed by atoms with Crippen molar-refractivity contribution in [3.8, 4) is 0 Å². The molecule has 25 heavy (non-hydrogen) atoms. The Labute approximate surface area is 150 Å². The summed E-state index contributed by atoms with van der Waals surface area (Å²) in [6.45, 7) is 8.04. The topological polar surface area (TPSA) is 60.8 Å². The highest BCUT2D eigenvalue weighted by Gasteiger charge is 2.20. The fraction of sp³-hybridized carbons (Fsp3) is 0.333. The maximum atomic E-state index is 8.69. The van der Waals surface area contributed by atoms with Crippen LogP contribution >= 0.6 is 0 Å². The Hall–Kier alpha value is -2.55. The van der Waals surface area contributed by atoms with Crippen molar-refractivity contribution in [3.63, 3.8) is 0 Å². The molecule has 2 unspecified atom stereocenters. The number of nitrogens with one attached hydrogen (secondary N) is 1. The highest BCUT2D eigenvalue weighted by molar-refractivity contribution is 5.31. The summed E-state index contributed by atoms with van der Waals surface area (Å²) in [7, 11) is 0. The van der Waals surface area contributed by atoms with Crippen LogP contribution in [0.25, 0.3) is 10.4 Å². The molecule has 0 radical (unpaired) electrons. The van der Waals surface area contributed by atoms with Crippen LogP contribution in [0, 0.1) is 0 Å². The zero-order valence-corrected chi connectivity index (χ0v) is 15.0. The van der Waals surface area contributed by atoms with E-state index >= 15 is 0 Å². The van der Waals surface area contributed by atoms with Gasteiger partial charge in [-0.05, 0) is 36.4 Å². The summed E-state index contributed by atoms with van der Waals surface area (Å²) in [5.41, 5.74) is 12.2. The first-order valence-electron chi connectivity index (χ1n) is 8.64. The van der Waals surface area contributed by atoms with Gasteiger partial charge in [0.1, 0.15) is 0 Å². The largest absolute Gasteiger partial charge is 0.303 e. The second kappa shape index (κ2) is 9.67. The molecule has 2 aromatic carbocycles. The molecule has 0 bridgehead atoms. The number of benzene rings is 2. The second-order valence-corrected chi connectivity index (χ2v) is 6.57. The van der Waals surface area contributed by atoms with E-state index in [1.807, 2.05) is 26.0 Å². The minimum atomic E-state index is -0.0611. The SMILES string of the molecule is C=C(C)CC(CC(C)N=[N+]=[N-])NC(c1ccccc1)c1ccccc1. The van der Waals surface area contributed by atoms with Crippen LogP contribution in [-0.2, 0) is 0 Å². The molecule has 0 fully saturated rings. The van der Waals surface area contributed by atoms with Crippen molar-refractivity contribution in [3.05, 3.63) is 94.4 Å². The number of azide groups is 1. The van der Waals surface area contributed by atoms with Gasteiger partial charge in [0.05, 0.1) is 6.04 Å². The lowest BCUT2D eigenvalue weighted by Gasteiger charge is -2.28. The number of hydrogen-bond acceptors (Lipinski definition) is 2. The van der Waals surface area contributed by atoms with Gasteiger partial charge < -0.3 is 5.32 Å². The fourth-order valence-electron chi connectivity index (χ4n) is 3.09. The van der Waals surface area contributed by atoms with Crippen LogP contribution in [0.2, 0.25) is 0 Å². The van der Waals surface area contributed by atoms with E-state index in [9.17, 15) is 0 Å². The summed E-state index contributed by atoms with van der Waals surface area (Å²) in [6, 6.07) is 21.1. The van der Waals surface area contributed by atoms with Gasteiger partial charge in [-0.2, -0.15) is 0 Å². The molecule has 2 atom stereocenters. The average molecular weight is 334 g/mol. The van der Waals surface area contributed by atoms with E-state index < -0.39 is 0 Å². The summed E-state index contributed by atoms with van der Waals surface area (Å²) in [5, 5.41) is 7.60. The van der Waals surface area contributed by atoms with E-state index in [-0.39, 0.29) is 18.1 Å². The minimum Gasteiger partial charge on any atom is -0.303 e. The molecule has 0 aliphatic carbocycles. The standard InChI is InChI=1S/C21H26N4/c1-16(2)14-20(15-17(3)24-25-22)23-21(18-10-6-4-7-11-18)19-12-8-5-9-13-19/h4-13,17,20-21,23H,1,14-15H2,2-3H3. The highest BCUT2D eigenvalue weighted by Crippen LogP contribution is 2.24. The summed E-state index contributed by atoms with van der Waals surface area (Å²) < 4.78 is 0. The van der Waals surface area contributed by atoms with E-state index in [0.29, 0.717) is 0 Å². The lowest BCUT2D eigenvalue weighted by molar-refractivity contribution is 0.416. The van der Waals surface area contributed by atoms with Crippen molar-refractivity contribution >= 4 is 0 Å². The molecular weight excluding hydrogens is 308 g/mol. The Morgan fingerprint density at radius 1 is 1.08 bits per heavy atom. The lowest BCUT2D eigenvalue weighted by atomic mass is 9.95. The van der Waals surface area contributed by atoms with Gasteiger partial charge in [0, 0.05) is 17.0 Å². The fourth-order valence-corrected chi connectivity index (χ4v) is 3.09. The second-order valence-electron chi connectivity index (χ2n) is 6.57. The first-order chi connectivity index (χ1) is 12.1. The molecule has 130 valence electrons. The molecule has 0 heterocycles. The molecular formula is C21H26N4. The average Bonchev–Trinajstić information content (AvgIpc) is 2.60. The smallest absolute Gasteiger partial charge is 0.0578 e. The first kappa shape index (κ1) is 18.8. The van der Waals surface area contributed by atoms with Crippen LogP contribution in [0.5, 0.6) is 0 Å². The minimum absolute atomic E-state index is 0.0611. The van der Waals surface area contributed by atoms with Crippen molar-refractivity contribution in [1.29, 1.82) is 0 Å². The quantitative estimate of drug-likeness (QED) is 0.268. The van der Waals surface area contributed by atoms with Crippen LogP contribution in [0.4, 0.5) is 0 Å². The molecule has 0 spiro atoms. The molecule has 1 N–H and O–H groups in total. The van der Waals surface area contributed by atoms with Crippen LogP contribution in [-0.4, -0.2) is 12.1 Å². The van der Waals surface area contributed by atoms with Gasteiger partial charge >= 0.3 is 0 Å². The molecule has 2 rings (SSSR count). The first-order valence-corrected chi connectivity index (χ1v) is 8.64. The van der Waals surface area contributed by atoms with E-state index in [0.717, 1.165) is 18.4 Å². The third-order valence-corrected chi connectivity index (χ3v) is 4.14. The summed E-state index contributed by atoms with van der Waals surface area (Å²) in [6.07, 6.45) is 1.62. The van der Waals surface area contributed by atoms with Gasteiger partial charge in [-0.15, -0.1) is 6.58 Å². The van der Waals surface area contributed by atoms with Crippen molar-refractivity contribution in [2.24, 2.45) is 5.11 Å². The molecule has 0 aromatic heterocycles. The Bertz CT molecular complexity index is 666. The summed E-state index contributed by atoms with van der Waals surface area (Å²) in [5.74, 6) is 0. The highest BCUT2D eigenvalue weighted by atomic mass is 15.1. The van der Waals surface area contributed by atoms with Gasteiger partial charge in [-0.25, -0.2) is 0 Å². The third kappa shape index (κ3) is 6.11. The van der Waals surface area contributed by atoms with Gasteiger partial charge in [0.15, 0.2) is 0 Å². The molecule has 4 nitrogen and oxygen atoms in total. The van der Waals surface area contributed by atoms with Gasteiger partial charge in [0.2, 0.25) is 0 Å². The van der Waals surface area contributed by atoms with Crippen LogP contribution < -0.4 is 5.32 Å². The zero-order chi connectivity index (χ0) is 18.1. The van der Waals surface area contributed by atoms with Crippen LogP contribution in [0.1, 0.15) is 43.9 Å². The predicted octanol–water partition coefficient (Wildman–Crippen LogP) is 5.79. The monoisotopic (exact) mass is 334 g/mol. The van der Waals surface area contributed by atoms with Crippen molar-refractivity contribution < 1.29 is 0 Å².